The van der Waals surface area contributed by atoms with Crippen molar-refractivity contribution >= 4 is 17.5 Å². The second kappa shape index (κ2) is 6.92. The van der Waals surface area contributed by atoms with Crippen molar-refractivity contribution in [2.24, 2.45) is 5.92 Å². The Bertz CT molecular complexity index is 823. The Balaban J connectivity index is 1.39. The summed E-state index contributed by atoms with van der Waals surface area (Å²) < 4.78 is 0. The minimum atomic E-state index is -0.176. The lowest BCUT2D eigenvalue weighted by atomic mass is 10.1. The average molecular weight is 353 g/mol. The van der Waals surface area contributed by atoms with Crippen molar-refractivity contribution in [1.29, 1.82) is 0 Å². The number of hydrogen-bond acceptors (Lipinski definition) is 4. The van der Waals surface area contributed by atoms with Crippen molar-refractivity contribution in [2.75, 3.05) is 11.9 Å². The largest absolute Gasteiger partial charge is 0.344 e. The molecule has 2 aliphatic rings. The van der Waals surface area contributed by atoms with Crippen LogP contribution in [0, 0.1) is 5.92 Å². The molecule has 136 valence electrons. The van der Waals surface area contributed by atoms with Crippen LogP contribution in [0.25, 0.3) is 0 Å². The molecule has 4 rings (SSSR count). The van der Waals surface area contributed by atoms with Crippen LogP contribution in [0.4, 0.5) is 5.69 Å². The smallest absolute Gasteiger partial charge is 0.272 e. The predicted octanol–water partition coefficient (Wildman–Crippen LogP) is 1.89. The number of amides is 2. The van der Waals surface area contributed by atoms with E-state index in [2.05, 4.69) is 26.1 Å². The maximum absolute atomic E-state index is 12.6. The highest BCUT2D eigenvalue weighted by Crippen LogP contribution is 2.30. The van der Waals surface area contributed by atoms with Crippen LogP contribution in [0.3, 0.4) is 0 Å². The molecule has 2 heterocycles. The maximum atomic E-state index is 12.6. The first-order valence-electron chi connectivity index (χ1n) is 9.10. The maximum Gasteiger partial charge on any atom is 0.272 e. The molecule has 4 N–H and O–H groups in total. The zero-order valence-corrected chi connectivity index (χ0v) is 14.8. The van der Waals surface area contributed by atoms with Crippen molar-refractivity contribution in [2.45, 2.75) is 38.8 Å². The number of nitrogens with zero attached hydrogens (tertiary/aromatic N) is 1. The van der Waals surface area contributed by atoms with Crippen molar-refractivity contribution in [3.63, 3.8) is 0 Å². The summed E-state index contributed by atoms with van der Waals surface area (Å²) in [4.78, 5) is 24.4. The highest BCUT2D eigenvalue weighted by molar-refractivity contribution is 5.95. The van der Waals surface area contributed by atoms with E-state index in [4.69, 9.17) is 0 Å². The summed E-state index contributed by atoms with van der Waals surface area (Å²) in [5.41, 5.74) is 4.23. The summed E-state index contributed by atoms with van der Waals surface area (Å²) in [6, 6.07) is 7.45. The molecule has 1 aromatic carbocycles. The van der Waals surface area contributed by atoms with E-state index < -0.39 is 0 Å². The van der Waals surface area contributed by atoms with Gasteiger partial charge in [-0.1, -0.05) is 12.1 Å². The highest BCUT2D eigenvalue weighted by atomic mass is 16.2. The topological polar surface area (TPSA) is 98.9 Å². The van der Waals surface area contributed by atoms with E-state index in [-0.39, 0.29) is 23.8 Å². The Hall–Kier alpha value is -2.67. The first-order chi connectivity index (χ1) is 12.6. The lowest BCUT2D eigenvalue weighted by Crippen LogP contribution is -2.30. The Morgan fingerprint density at radius 3 is 2.73 bits per heavy atom. The van der Waals surface area contributed by atoms with E-state index in [1.165, 1.54) is 0 Å². The van der Waals surface area contributed by atoms with Crippen LogP contribution in [0.2, 0.25) is 0 Å². The summed E-state index contributed by atoms with van der Waals surface area (Å²) in [7, 11) is 0. The molecule has 1 aliphatic heterocycles. The monoisotopic (exact) mass is 353 g/mol. The fourth-order valence-corrected chi connectivity index (χ4v) is 3.21. The minimum Gasteiger partial charge on any atom is -0.344 e. The SMILES string of the molecule is CC(NC(=O)c1n[nH]c2c1CNCC2)c1ccc(NC(=O)C2CC2)cc1. The molecular weight excluding hydrogens is 330 g/mol. The average Bonchev–Trinajstić information content (AvgIpc) is 3.41. The molecule has 1 unspecified atom stereocenters. The van der Waals surface area contributed by atoms with Gasteiger partial charge < -0.3 is 16.0 Å². The molecule has 1 atom stereocenters. The summed E-state index contributed by atoms with van der Waals surface area (Å²) >= 11 is 0. The van der Waals surface area contributed by atoms with Gasteiger partial charge in [0.25, 0.3) is 5.91 Å². The van der Waals surface area contributed by atoms with Crippen molar-refractivity contribution < 1.29 is 9.59 Å². The van der Waals surface area contributed by atoms with E-state index >= 15 is 0 Å². The molecule has 2 amide bonds. The molecule has 0 radical (unpaired) electrons. The van der Waals surface area contributed by atoms with Gasteiger partial charge in [0.05, 0.1) is 6.04 Å². The molecular formula is C19H23N5O2. The normalized spacial score (nSPS) is 17.3. The van der Waals surface area contributed by atoms with E-state index in [9.17, 15) is 9.59 Å². The first-order valence-corrected chi connectivity index (χ1v) is 9.10. The van der Waals surface area contributed by atoms with E-state index in [0.717, 1.165) is 48.3 Å². The van der Waals surface area contributed by atoms with E-state index in [1.807, 2.05) is 31.2 Å². The fraction of sp³-hybridized carbons (Fsp3) is 0.421. The Morgan fingerprint density at radius 1 is 1.23 bits per heavy atom. The van der Waals surface area contributed by atoms with Crippen LogP contribution in [0.1, 0.15) is 53.1 Å². The van der Waals surface area contributed by atoms with Gasteiger partial charge in [-0.2, -0.15) is 5.10 Å². The number of carbonyl (C=O) groups excluding carboxylic acids is 2. The summed E-state index contributed by atoms with van der Waals surface area (Å²) in [5.74, 6) is 0.1000. The van der Waals surface area contributed by atoms with Crippen molar-refractivity contribution in [3.8, 4) is 0 Å². The van der Waals surface area contributed by atoms with Gasteiger partial charge in [0.1, 0.15) is 0 Å². The Labute approximate surface area is 151 Å². The van der Waals surface area contributed by atoms with Gasteiger partial charge in [-0.15, -0.1) is 0 Å². The number of hydrogen-bond donors (Lipinski definition) is 4. The Kier molecular flexibility index (Phi) is 4.46. The van der Waals surface area contributed by atoms with Crippen LogP contribution in [0.5, 0.6) is 0 Å². The van der Waals surface area contributed by atoms with Gasteiger partial charge in [-0.05, 0) is 37.5 Å². The number of nitrogens with one attached hydrogen (secondary N) is 4. The van der Waals surface area contributed by atoms with Crippen molar-refractivity contribution in [3.05, 3.63) is 46.8 Å². The number of benzene rings is 1. The molecule has 7 nitrogen and oxygen atoms in total. The molecule has 1 aliphatic carbocycles. The summed E-state index contributed by atoms with van der Waals surface area (Å²) in [6.07, 6.45) is 2.83. The Morgan fingerprint density at radius 2 is 2.00 bits per heavy atom. The quantitative estimate of drug-likeness (QED) is 0.660. The lowest BCUT2D eigenvalue weighted by molar-refractivity contribution is -0.117. The number of fused-ring (bicyclic) bond motifs is 1. The number of anilines is 1. The molecule has 0 bridgehead atoms. The zero-order chi connectivity index (χ0) is 18.1. The van der Waals surface area contributed by atoms with Crippen LogP contribution in [-0.2, 0) is 17.8 Å². The van der Waals surface area contributed by atoms with Crippen LogP contribution in [-0.4, -0.2) is 28.6 Å². The van der Waals surface area contributed by atoms with Crippen molar-refractivity contribution in [1.82, 2.24) is 20.8 Å². The highest BCUT2D eigenvalue weighted by Gasteiger charge is 2.29. The van der Waals surface area contributed by atoms with E-state index in [0.29, 0.717) is 12.2 Å². The third kappa shape index (κ3) is 3.48. The molecule has 0 saturated heterocycles. The lowest BCUT2D eigenvalue weighted by Gasteiger charge is -2.16. The standard InChI is InChI=1S/C19H23N5O2/c1-11(12-4-6-14(7-5-12)22-18(25)13-2-3-13)21-19(26)17-15-10-20-9-8-16(15)23-24-17/h4-7,11,13,20H,2-3,8-10H2,1H3,(H,21,26)(H,22,25)(H,23,24). The molecule has 1 aromatic heterocycles. The van der Waals surface area contributed by atoms with Gasteiger partial charge in [0, 0.05) is 42.4 Å². The molecule has 0 spiro atoms. The number of aromatic nitrogens is 2. The third-order valence-electron chi connectivity index (χ3n) is 5.00. The number of H-pyrrole nitrogens is 1. The molecule has 7 heteroatoms. The minimum absolute atomic E-state index is 0.0935. The zero-order valence-electron chi connectivity index (χ0n) is 14.8. The number of carbonyl (C=O) groups is 2. The van der Waals surface area contributed by atoms with Gasteiger partial charge in [-0.25, -0.2) is 0 Å². The van der Waals surface area contributed by atoms with Gasteiger partial charge >= 0.3 is 0 Å². The van der Waals surface area contributed by atoms with Crippen LogP contribution in [0.15, 0.2) is 24.3 Å². The van der Waals surface area contributed by atoms with Crippen LogP contribution >= 0.6 is 0 Å². The molecule has 2 aromatic rings. The van der Waals surface area contributed by atoms with Crippen LogP contribution < -0.4 is 16.0 Å². The van der Waals surface area contributed by atoms with Gasteiger partial charge in [-0.3, -0.25) is 14.7 Å². The second-order valence-electron chi connectivity index (χ2n) is 7.04. The molecule has 1 fully saturated rings. The fourth-order valence-electron chi connectivity index (χ4n) is 3.21. The number of aromatic amines is 1. The predicted molar refractivity (Wildman–Crippen MR) is 97.7 cm³/mol. The van der Waals surface area contributed by atoms with Gasteiger partial charge in [0.2, 0.25) is 5.91 Å². The number of rotatable bonds is 5. The van der Waals surface area contributed by atoms with Gasteiger partial charge in [0.15, 0.2) is 5.69 Å². The summed E-state index contributed by atoms with van der Waals surface area (Å²) in [6.45, 7) is 3.50. The summed E-state index contributed by atoms with van der Waals surface area (Å²) in [5, 5.41) is 16.3. The van der Waals surface area contributed by atoms with E-state index in [1.54, 1.807) is 0 Å². The first kappa shape index (κ1) is 16.8. The molecule has 1 saturated carbocycles. The molecule has 26 heavy (non-hydrogen) atoms. The third-order valence-corrected chi connectivity index (χ3v) is 5.00. The second-order valence-corrected chi connectivity index (χ2v) is 7.04.